The summed E-state index contributed by atoms with van der Waals surface area (Å²) < 4.78 is 25.8. The normalized spacial score (nSPS) is 11.2. The first-order valence-corrected chi connectivity index (χ1v) is 6.69. The second-order valence-corrected chi connectivity index (χ2v) is 5.59. The Bertz CT molecular complexity index is 674. The summed E-state index contributed by atoms with van der Waals surface area (Å²) >= 11 is 0. The number of hydrogen-bond donors (Lipinski definition) is 1. The third-order valence-corrected chi connectivity index (χ3v) is 4.17. The number of amides is 1. The minimum Gasteiger partial charge on any atom is -0.327 e. The predicted molar refractivity (Wildman–Crippen MR) is 67.9 cm³/mol. The van der Waals surface area contributed by atoms with Crippen LogP contribution in [0.4, 0.5) is 5.69 Å². The van der Waals surface area contributed by atoms with Crippen LogP contribution < -0.4 is 5.32 Å². The van der Waals surface area contributed by atoms with Crippen molar-refractivity contribution in [3.05, 3.63) is 48.3 Å². The van der Waals surface area contributed by atoms with E-state index in [1.165, 1.54) is 24.5 Å². The molecule has 0 aliphatic rings. The zero-order chi connectivity index (χ0) is 13.2. The van der Waals surface area contributed by atoms with Crippen LogP contribution in [0.3, 0.4) is 0 Å². The minimum absolute atomic E-state index is 0.0627. The Morgan fingerprint density at radius 2 is 1.94 bits per heavy atom. The van der Waals surface area contributed by atoms with Crippen molar-refractivity contribution in [2.75, 3.05) is 5.32 Å². The van der Waals surface area contributed by atoms with Crippen LogP contribution in [0.5, 0.6) is 0 Å². The van der Waals surface area contributed by atoms with Crippen molar-refractivity contribution in [2.24, 2.45) is 0 Å². The quantitative estimate of drug-likeness (QED) is 0.853. The summed E-state index contributed by atoms with van der Waals surface area (Å²) in [6, 6.07) is 7.96. The van der Waals surface area contributed by atoms with E-state index in [-0.39, 0.29) is 10.6 Å². The molecule has 1 aromatic heterocycles. The Morgan fingerprint density at radius 1 is 1.22 bits per heavy atom. The molecule has 0 aliphatic carbocycles. The van der Waals surface area contributed by atoms with Crippen molar-refractivity contribution in [1.82, 2.24) is 3.97 Å². The van der Waals surface area contributed by atoms with Crippen molar-refractivity contribution in [3.63, 3.8) is 0 Å². The third-order valence-electron chi connectivity index (χ3n) is 2.47. The molecule has 0 fully saturated rings. The van der Waals surface area contributed by atoms with Crippen LogP contribution in [0.15, 0.2) is 47.6 Å². The Balaban J connectivity index is 2.57. The summed E-state index contributed by atoms with van der Waals surface area (Å²) in [5, 5.41) is 2.39. The van der Waals surface area contributed by atoms with E-state index >= 15 is 0 Å². The fraction of sp³-hybridized carbons (Fsp3) is 0.0833. The second kappa shape index (κ2) is 4.66. The first-order chi connectivity index (χ1) is 8.55. The molecule has 94 valence electrons. The first-order valence-electron chi connectivity index (χ1n) is 5.25. The molecule has 1 N–H and O–H groups in total. The van der Waals surface area contributed by atoms with E-state index in [1.807, 2.05) is 6.92 Å². The molecule has 2 rings (SSSR count). The molecule has 1 aromatic carbocycles. The fourth-order valence-corrected chi connectivity index (χ4v) is 3.02. The summed E-state index contributed by atoms with van der Waals surface area (Å²) in [6.45, 7) is 1.81. The molecule has 2 aromatic rings. The lowest BCUT2D eigenvalue weighted by Gasteiger charge is -2.09. The van der Waals surface area contributed by atoms with Crippen LogP contribution >= 0.6 is 0 Å². The average Bonchev–Trinajstić information content (AvgIpc) is 2.78. The maximum atomic E-state index is 12.3. The maximum absolute atomic E-state index is 12.3. The minimum atomic E-state index is -3.68. The van der Waals surface area contributed by atoms with Gasteiger partial charge in [-0.3, -0.25) is 4.79 Å². The first kappa shape index (κ1) is 12.4. The molecule has 0 bridgehead atoms. The van der Waals surface area contributed by atoms with Crippen LogP contribution in [-0.2, 0) is 14.8 Å². The zero-order valence-electron chi connectivity index (χ0n) is 9.70. The van der Waals surface area contributed by atoms with E-state index in [2.05, 4.69) is 5.32 Å². The molecule has 0 aliphatic heterocycles. The van der Waals surface area contributed by atoms with Crippen LogP contribution in [0, 0.1) is 6.92 Å². The number of carbonyl (C=O) groups is 1. The lowest BCUT2D eigenvalue weighted by Crippen LogP contribution is -2.13. The number of nitrogens with one attached hydrogen (secondary N) is 1. The highest BCUT2D eigenvalue weighted by atomic mass is 32.2. The summed E-state index contributed by atoms with van der Waals surface area (Å²) in [6.07, 6.45) is 3.45. The Morgan fingerprint density at radius 3 is 2.56 bits per heavy atom. The number of aryl methyl sites for hydroxylation is 1. The van der Waals surface area contributed by atoms with Gasteiger partial charge in [0.2, 0.25) is 6.41 Å². The number of anilines is 1. The van der Waals surface area contributed by atoms with Gasteiger partial charge in [-0.2, -0.15) is 0 Å². The largest absolute Gasteiger partial charge is 0.327 e. The second-order valence-electron chi connectivity index (χ2n) is 3.78. The lowest BCUT2D eigenvalue weighted by molar-refractivity contribution is -0.105. The van der Waals surface area contributed by atoms with E-state index in [1.54, 1.807) is 18.2 Å². The molecule has 1 amide bonds. The molecular weight excluding hydrogens is 252 g/mol. The Labute approximate surface area is 105 Å². The molecule has 0 saturated heterocycles. The number of nitrogens with zero attached hydrogens (tertiary/aromatic N) is 1. The number of benzene rings is 1. The molecule has 18 heavy (non-hydrogen) atoms. The maximum Gasteiger partial charge on any atom is 0.269 e. The smallest absolute Gasteiger partial charge is 0.269 e. The molecule has 6 heteroatoms. The highest BCUT2D eigenvalue weighted by Crippen LogP contribution is 2.23. The SMILES string of the molecule is Cc1ccn(S(=O)(=O)c2ccccc2NC=O)c1. The fourth-order valence-electron chi connectivity index (χ4n) is 1.62. The van der Waals surface area contributed by atoms with Crippen molar-refractivity contribution in [3.8, 4) is 0 Å². The Kier molecular flexibility index (Phi) is 3.20. The highest BCUT2D eigenvalue weighted by Gasteiger charge is 2.19. The molecule has 1 heterocycles. The van der Waals surface area contributed by atoms with Crippen molar-refractivity contribution >= 4 is 22.1 Å². The van der Waals surface area contributed by atoms with Crippen LogP contribution in [0.1, 0.15) is 5.56 Å². The molecule has 0 spiro atoms. The van der Waals surface area contributed by atoms with Crippen LogP contribution in [0.2, 0.25) is 0 Å². The van der Waals surface area contributed by atoms with E-state index in [0.29, 0.717) is 6.41 Å². The Hall–Kier alpha value is -2.08. The lowest BCUT2D eigenvalue weighted by atomic mass is 10.3. The van der Waals surface area contributed by atoms with Gasteiger partial charge in [0.05, 0.1) is 5.69 Å². The van der Waals surface area contributed by atoms with E-state index < -0.39 is 10.0 Å². The van der Waals surface area contributed by atoms with Crippen molar-refractivity contribution in [1.29, 1.82) is 0 Å². The number of rotatable bonds is 4. The molecule has 0 unspecified atom stereocenters. The van der Waals surface area contributed by atoms with Gasteiger partial charge in [-0.05, 0) is 30.7 Å². The predicted octanol–water partition coefficient (Wildman–Crippen LogP) is 1.60. The highest BCUT2D eigenvalue weighted by molar-refractivity contribution is 7.90. The van der Waals surface area contributed by atoms with E-state index in [9.17, 15) is 13.2 Å². The van der Waals surface area contributed by atoms with Gasteiger partial charge in [0.15, 0.2) is 0 Å². The van der Waals surface area contributed by atoms with E-state index in [0.717, 1.165) is 9.54 Å². The molecular formula is C12H12N2O3S. The standard InChI is InChI=1S/C12H12N2O3S/c1-10-6-7-14(8-10)18(16,17)12-5-3-2-4-11(12)13-9-15/h2-9H,1H3,(H,13,15). The van der Waals surface area contributed by atoms with Gasteiger partial charge < -0.3 is 5.32 Å². The monoisotopic (exact) mass is 264 g/mol. The third kappa shape index (κ3) is 2.14. The number of aromatic nitrogens is 1. The summed E-state index contributed by atoms with van der Waals surface area (Å²) in [4.78, 5) is 10.5. The van der Waals surface area contributed by atoms with Gasteiger partial charge in [0.1, 0.15) is 4.90 Å². The number of hydrogen-bond acceptors (Lipinski definition) is 3. The van der Waals surface area contributed by atoms with E-state index in [4.69, 9.17) is 0 Å². The molecule has 5 nitrogen and oxygen atoms in total. The number of carbonyl (C=O) groups excluding carboxylic acids is 1. The van der Waals surface area contributed by atoms with Gasteiger partial charge in [0.25, 0.3) is 10.0 Å². The summed E-state index contributed by atoms with van der Waals surface area (Å²) in [7, 11) is -3.68. The molecule has 0 radical (unpaired) electrons. The van der Waals surface area contributed by atoms with Gasteiger partial charge in [-0.25, -0.2) is 12.4 Å². The summed E-state index contributed by atoms with van der Waals surface area (Å²) in [5.74, 6) is 0. The summed E-state index contributed by atoms with van der Waals surface area (Å²) in [5.41, 5.74) is 1.11. The average molecular weight is 264 g/mol. The van der Waals surface area contributed by atoms with Gasteiger partial charge >= 0.3 is 0 Å². The molecule has 0 atom stereocenters. The molecule has 0 saturated carbocycles. The zero-order valence-corrected chi connectivity index (χ0v) is 10.5. The topological polar surface area (TPSA) is 68.2 Å². The van der Waals surface area contributed by atoms with Gasteiger partial charge in [0, 0.05) is 12.4 Å². The van der Waals surface area contributed by atoms with Gasteiger partial charge in [-0.15, -0.1) is 0 Å². The number of para-hydroxylation sites is 1. The van der Waals surface area contributed by atoms with Crippen LogP contribution in [-0.4, -0.2) is 18.8 Å². The van der Waals surface area contributed by atoms with Crippen molar-refractivity contribution < 1.29 is 13.2 Å². The van der Waals surface area contributed by atoms with Crippen molar-refractivity contribution in [2.45, 2.75) is 11.8 Å². The van der Waals surface area contributed by atoms with Gasteiger partial charge in [-0.1, -0.05) is 12.1 Å². The van der Waals surface area contributed by atoms with Crippen LogP contribution in [0.25, 0.3) is 0 Å².